The highest BCUT2D eigenvalue weighted by Crippen LogP contribution is 2.37. The van der Waals surface area contributed by atoms with Crippen LogP contribution in [0.5, 0.6) is 0 Å². The number of aryl methyl sites for hydroxylation is 1. The maximum atomic E-state index is 6.36. The van der Waals surface area contributed by atoms with Crippen LogP contribution in [-0.2, 0) is 0 Å². The van der Waals surface area contributed by atoms with Crippen LogP contribution in [0.1, 0.15) is 5.56 Å². The van der Waals surface area contributed by atoms with Crippen LogP contribution < -0.4 is 0 Å². The second-order valence-electron chi connectivity index (χ2n) is 4.45. The molecule has 2 nitrogen and oxygen atoms in total. The van der Waals surface area contributed by atoms with Gasteiger partial charge in [-0.1, -0.05) is 47.5 Å². The van der Waals surface area contributed by atoms with Gasteiger partial charge in [0.25, 0.3) is 0 Å². The normalized spacial score (nSPS) is 10.9. The van der Waals surface area contributed by atoms with E-state index in [4.69, 9.17) is 23.2 Å². The van der Waals surface area contributed by atoms with Crippen molar-refractivity contribution in [3.8, 4) is 21.8 Å². The van der Waals surface area contributed by atoms with E-state index >= 15 is 0 Å². The highest BCUT2D eigenvalue weighted by atomic mass is 79.9. The number of rotatable bonds is 2. The van der Waals surface area contributed by atoms with E-state index in [0.29, 0.717) is 21.7 Å². The van der Waals surface area contributed by atoms with Crippen LogP contribution in [0.2, 0.25) is 10.3 Å². The molecule has 0 N–H and O–H groups in total. The third-order valence-electron chi connectivity index (χ3n) is 3.02. The highest BCUT2D eigenvalue weighted by molar-refractivity contribution is 9.10. The zero-order valence-corrected chi connectivity index (χ0v) is 14.8. The van der Waals surface area contributed by atoms with Crippen LogP contribution in [0.4, 0.5) is 0 Å². The largest absolute Gasteiger partial charge is 0.215 e. The topological polar surface area (TPSA) is 25.8 Å². The van der Waals surface area contributed by atoms with Crippen LogP contribution >= 0.6 is 50.5 Å². The minimum Gasteiger partial charge on any atom is -0.215 e. The van der Waals surface area contributed by atoms with Gasteiger partial charge in [-0.2, -0.15) is 0 Å². The summed E-state index contributed by atoms with van der Waals surface area (Å²) in [7, 11) is 0. The molecule has 0 saturated heterocycles. The second kappa shape index (κ2) is 6.05. The fourth-order valence-corrected chi connectivity index (χ4v) is 3.98. The van der Waals surface area contributed by atoms with Gasteiger partial charge in [0.1, 0.15) is 10.3 Å². The Balaban J connectivity index is 2.15. The smallest absolute Gasteiger partial charge is 0.172 e. The molecule has 0 radical (unpaired) electrons. The first-order valence-corrected chi connectivity index (χ1v) is 8.52. The average Bonchev–Trinajstić information content (AvgIpc) is 2.87. The lowest BCUT2D eigenvalue weighted by Gasteiger charge is -2.10. The van der Waals surface area contributed by atoms with Crippen molar-refractivity contribution in [1.82, 2.24) is 9.97 Å². The number of hydrogen-bond donors (Lipinski definition) is 0. The summed E-state index contributed by atoms with van der Waals surface area (Å²) in [6, 6.07) is 9.83. The fraction of sp³-hybridized carbons (Fsp3) is 0.0667. The van der Waals surface area contributed by atoms with E-state index in [1.54, 1.807) is 0 Å². The Hall–Kier alpha value is -0.940. The summed E-state index contributed by atoms with van der Waals surface area (Å²) in [6.07, 6.45) is 0. The molecule has 1 aromatic carbocycles. The van der Waals surface area contributed by atoms with Crippen molar-refractivity contribution in [2.24, 2.45) is 0 Å². The molecular weight excluding hydrogens is 391 g/mol. The molecule has 0 saturated carbocycles. The van der Waals surface area contributed by atoms with Gasteiger partial charge in [-0.15, -0.1) is 11.3 Å². The Morgan fingerprint density at radius 3 is 2.33 bits per heavy atom. The standard InChI is InChI=1S/C15H9BrCl2N2S/c1-8-4-2-3-5-10(8)12-13(17)19-15(20-14(12)18)11-6-9(16)7-21-11/h2-7H,1H3. The predicted octanol–water partition coefficient (Wildman–Crippen LogP) is 6.25. The van der Waals surface area contributed by atoms with Gasteiger partial charge < -0.3 is 0 Å². The molecule has 2 aromatic heterocycles. The summed E-state index contributed by atoms with van der Waals surface area (Å²) >= 11 is 17.7. The summed E-state index contributed by atoms with van der Waals surface area (Å²) in [5.74, 6) is 0.540. The molecule has 0 spiro atoms. The third-order valence-corrected chi connectivity index (χ3v) is 5.26. The first kappa shape index (κ1) is 15.0. The molecule has 0 fully saturated rings. The van der Waals surface area contributed by atoms with Gasteiger partial charge in [-0.05, 0) is 40.0 Å². The molecule has 3 aromatic rings. The van der Waals surface area contributed by atoms with Crippen molar-refractivity contribution in [1.29, 1.82) is 0 Å². The van der Waals surface area contributed by atoms with Crippen LogP contribution in [0, 0.1) is 6.92 Å². The molecule has 0 atom stereocenters. The van der Waals surface area contributed by atoms with Gasteiger partial charge in [0, 0.05) is 9.85 Å². The fourth-order valence-electron chi connectivity index (χ4n) is 2.02. The molecule has 6 heteroatoms. The molecule has 21 heavy (non-hydrogen) atoms. The quantitative estimate of drug-likeness (QED) is 0.476. The lowest BCUT2D eigenvalue weighted by Crippen LogP contribution is -1.94. The third kappa shape index (κ3) is 2.99. The van der Waals surface area contributed by atoms with E-state index in [1.165, 1.54) is 11.3 Å². The number of nitrogens with zero attached hydrogens (tertiary/aromatic N) is 2. The second-order valence-corrected chi connectivity index (χ2v) is 6.99. The first-order valence-electron chi connectivity index (χ1n) is 6.09. The average molecular weight is 400 g/mol. The van der Waals surface area contributed by atoms with Crippen molar-refractivity contribution in [2.75, 3.05) is 0 Å². The highest BCUT2D eigenvalue weighted by Gasteiger charge is 2.16. The van der Waals surface area contributed by atoms with Crippen molar-refractivity contribution in [3.63, 3.8) is 0 Å². The van der Waals surface area contributed by atoms with E-state index in [0.717, 1.165) is 20.5 Å². The molecular formula is C15H9BrCl2N2S. The van der Waals surface area contributed by atoms with E-state index < -0.39 is 0 Å². The monoisotopic (exact) mass is 398 g/mol. The van der Waals surface area contributed by atoms with Gasteiger partial charge in [-0.3, -0.25) is 0 Å². The predicted molar refractivity (Wildman–Crippen MR) is 93.2 cm³/mol. The van der Waals surface area contributed by atoms with Crippen LogP contribution in [-0.4, -0.2) is 9.97 Å². The number of aromatic nitrogens is 2. The maximum absolute atomic E-state index is 6.36. The van der Waals surface area contributed by atoms with Crippen LogP contribution in [0.3, 0.4) is 0 Å². The molecule has 0 amide bonds. The maximum Gasteiger partial charge on any atom is 0.172 e. The Morgan fingerprint density at radius 2 is 1.76 bits per heavy atom. The van der Waals surface area contributed by atoms with E-state index in [-0.39, 0.29) is 0 Å². The summed E-state index contributed by atoms with van der Waals surface area (Å²) in [6.45, 7) is 2.01. The Kier molecular flexibility index (Phi) is 4.31. The number of benzene rings is 1. The number of halogens is 3. The zero-order chi connectivity index (χ0) is 15.0. The summed E-state index contributed by atoms with van der Waals surface area (Å²) < 4.78 is 0.987. The minimum atomic E-state index is 0.365. The Morgan fingerprint density at radius 1 is 1.10 bits per heavy atom. The summed E-state index contributed by atoms with van der Waals surface area (Å²) in [5.41, 5.74) is 2.71. The van der Waals surface area contributed by atoms with Crippen LogP contribution in [0.15, 0.2) is 40.2 Å². The Labute approximate surface area is 144 Å². The molecule has 106 valence electrons. The molecule has 0 aliphatic rings. The van der Waals surface area contributed by atoms with Crippen LogP contribution in [0.25, 0.3) is 21.8 Å². The summed E-state index contributed by atoms with van der Waals surface area (Å²) in [5, 5.41) is 2.70. The van der Waals surface area contributed by atoms with Crippen molar-refractivity contribution < 1.29 is 0 Å². The van der Waals surface area contributed by atoms with Gasteiger partial charge in [0.05, 0.1) is 10.4 Å². The van der Waals surface area contributed by atoms with E-state index in [1.807, 2.05) is 42.6 Å². The van der Waals surface area contributed by atoms with E-state index in [9.17, 15) is 0 Å². The van der Waals surface area contributed by atoms with Gasteiger partial charge >= 0.3 is 0 Å². The summed E-state index contributed by atoms with van der Waals surface area (Å²) in [4.78, 5) is 9.71. The Bertz CT molecular complexity index is 794. The lowest BCUT2D eigenvalue weighted by molar-refractivity contribution is 1.18. The zero-order valence-electron chi connectivity index (χ0n) is 10.9. The number of thiophene rings is 1. The van der Waals surface area contributed by atoms with E-state index in [2.05, 4.69) is 25.9 Å². The van der Waals surface area contributed by atoms with Crippen molar-refractivity contribution in [2.45, 2.75) is 6.92 Å². The SMILES string of the molecule is Cc1ccccc1-c1c(Cl)nc(-c2cc(Br)cs2)nc1Cl. The molecule has 0 bridgehead atoms. The van der Waals surface area contributed by atoms with Gasteiger partial charge in [-0.25, -0.2) is 9.97 Å². The molecule has 0 unspecified atom stereocenters. The molecule has 2 heterocycles. The molecule has 0 aliphatic heterocycles. The van der Waals surface area contributed by atoms with Crippen molar-refractivity contribution >= 4 is 50.5 Å². The lowest BCUT2D eigenvalue weighted by atomic mass is 10.0. The molecule has 0 aliphatic carbocycles. The first-order chi connectivity index (χ1) is 10.1. The van der Waals surface area contributed by atoms with Gasteiger partial charge in [0.2, 0.25) is 0 Å². The van der Waals surface area contributed by atoms with Crippen molar-refractivity contribution in [3.05, 3.63) is 56.1 Å². The van der Waals surface area contributed by atoms with Gasteiger partial charge in [0.15, 0.2) is 5.82 Å². The number of hydrogen-bond acceptors (Lipinski definition) is 3. The minimum absolute atomic E-state index is 0.365. The molecule has 3 rings (SSSR count).